The third-order valence-electron chi connectivity index (χ3n) is 3.59. The second kappa shape index (κ2) is 17.5. The van der Waals surface area contributed by atoms with Gasteiger partial charge in [0.1, 0.15) is 0 Å². The van der Waals surface area contributed by atoms with Gasteiger partial charge in [0.25, 0.3) is 0 Å². The molecule has 0 aliphatic rings. The standard InChI is InChI=1S/C20H32O4/c1-2-3-4-5-6-7-8-9-10-11-12-13-14-16-19(24-23)17-15-18-20(21)22/h12-18,23H,2-11H2,1H3,(H,21,22). The number of carbonyl (C=O) groups is 1. The van der Waals surface area contributed by atoms with Gasteiger partial charge in [-0.3, -0.25) is 0 Å². The molecule has 0 aliphatic carbocycles. The van der Waals surface area contributed by atoms with Gasteiger partial charge in [-0.25, -0.2) is 10.1 Å². The Bertz CT molecular complexity index is 419. The normalized spacial score (nSPS) is 12.7. The minimum atomic E-state index is -1.05. The molecule has 0 aromatic rings. The van der Waals surface area contributed by atoms with Crippen molar-refractivity contribution in [3.63, 3.8) is 0 Å². The average molecular weight is 336 g/mol. The van der Waals surface area contributed by atoms with Gasteiger partial charge in [-0.1, -0.05) is 82.6 Å². The van der Waals surface area contributed by atoms with Crippen LogP contribution in [-0.2, 0) is 9.68 Å². The second-order valence-electron chi connectivity index (χ2n) is 5.76. The number of carboxylic acids is 1. The molecule has 0 aromatic heterocycles. The van der Waals surface area contributed by atoms with Gasteiger partial charge in [0.05, 0.1) is 0 Å². The predicted octanol–water partition coefficient (Wildman–Crippen LogP) is 6.03. The minimum Gasteiger partial charge on any atom is -0.478 e. The lowest BCUT2D eigenvalue weighted by atomic mass is 10.1. The first kappa shape index (κ1) is 22.2. The van der Waals surface area contributed by atoms with Crippen LogP contribution in [0.5, 0.6) is 0 Å². The molecule has 0 unspecified atom stereocenters. The van der Waals surface area contributed by atoms with Gasteiger partial charge in [0.15, 0.2) is 5.76 Å². The Morgan fingerprint density at radius 1 is 0.875 bits per heavy atom. The summed E-state index contributed by atoms with van der Waals surface area (Å²) in [4.78, 5) is 14.4. The van der Waals surface area contributed by atoms with E-state index in [0.29, 0.717) is 0 Å². The maximum Gasteiger partial charge on any atom is 0.328 e. The highest BCUT2D eigenvalue weighted by molar-refractivity contribution is 5.80. The highest BCUT2D eigenvalue weighted by Gasteiger charge is 1.91. The smallest absolute Gasteiger partial charge is 0.328 e. The monoisotopic (exact) mass is 336 g/mol. The zero-order chi connectivity index (χ0) is 17.9. The summed E-state index contributed by atoms with van der Waals surface area (Å²) in [5.41, 5.74) is 0. The largest absolute Gasteiger partial charge is 0.478 e. The Labute approximate surface area is 146 Å². The first-order chi connectivity index (χ1) is 11.7. The van der Waals surface area contributed by atoms with E-state index in [-0.39, 0.29) is 5.76 Å². The number of allylic oxidation sites excluding steroid dienone is 6. The Morgan fingerprint density at radius 3 is 2.08 bits per heavy atom. The summed E-state index contributed by atoms with van der Waals surface area (Å²) in [5.74, 6) is -0.867. The number of aliphatic carboxylic acids is 1. The molecule has 0 spiro atoms. The molecule has 0 saturated heterocycles. The van der Waals surface area contributed by atoms with Crippen molar-refractivity contribution in [3.8, 4) is 0 Å². The number of unbranched alkanes of at least 4 members (excludes halogenated alkanes) is 9. The maximum atomic E-state index is 10.3. The van der Waals surface area contributed by atoms with Crippen LogP contribution in [0.4, 0.5) is 0 Å². The molecule has 2 N–H and O–H groups in total. The predicted molar refractivity (Wildman–Crippen MR) is 98.7 cm³/mol. The van der Waals surface area contributed by atoms with Gasteiger partial charge in [-0.15, -0.1) is 0 Å². The van der Waals surface area contributed by atoms with Crippen LogP contribution in [0.15, 0.2) is 48.3 Å². The van der Waals surface area contributed by atoms with Gasteiger partial charge in [-0.05, 0) is 25.0 Å². The molecule has 0 radical (unpaired) electrons. The molecule has 4 nitrogen and oxygen atoms in total. The Kier molecular flexibility index (Phi) is 16.2. The van der Waals surface area contributed by atoms with Gasteiger partial charge in [-0.2, -0.15) is 0 Å². The van der Waals surface area contributed by atoms with Gasteiger partial charge in [0.2, 0.25) is 0 Å². The highest BCUT2D eigenvalue weighted by Crippen LogP contribution is 2.10. The molecule has 0 aromatic carbocycles. The summed E-state index contributed by atoms with van der Waals surface area (Å²) in [5, 5.41) is 17.1. The molecule has 0 atom stereocenters. The van der Waals surface area contributed by atoms with E-state index in [4.69, 9.17) is 10.4 Å². The van der Waals surface area contributed by atoms with Crippen molar-refractivity contribution in [3.05, 3.63) is 48.3 Å². The molecule has 24 heavy (non-hydrogen) atoms. The number of hydrogen-bond donors (Lipinski definition) is 2. The third kappa shape index (κ3) is 16.6. The second-order valence-corrected chi connectivity index (χ2v) is 5.76. The van der Waals surface area contributed by atoms with Crippen LogP contribution in [0, 0.1) is 0 Å². The zero-order valence-electron chi connectivity index (χ0n) is 14.8. The topological polar surface area (TPSA) is 66.8 Å². The maximum absolute atomic E-state index is 10.3. The van der Waals surface area contributed by atoms with Crippen LogP contribution < -0.4 is 0 Å². The number of rotatable bonds is 15. The summed E-state index contributed by atoms with van der Waals surface area (Å²) in [6, 6.07) is 0. The van der Waals surface area contributed by atoms with Crippen LogP contribution in [0.25, 0.3) is 0 Å². The zero-order valence-corrected chi connectivity index (χ0v) is 14.8. The lowest BCUT2D eigenvalue weighted by Gasteiger charge is -2.00. The third-order valence-corrected chi connectivity index (χ3v) is 3.59. The van der Waals surface area contributed by atoms with E-state index in [1.165, 1.54) is 69.9 Å². The number of carboxylic acid groups (broad SMARTS) is 1. The molecule has 0 heterocycles. The van der Waals surface area contributed by atoms with Gasteiger partial charge >= 0.3 is 5.97 Å². The van der Waals surface area contributed by atoms with Crippen LogP contribution in [-0.4, -0.2) is 16.3 Å². The van der Waals surface area contributed by atoms with Gasteiger partial charge in [0, 0.05) is 6.08 Å². The van der Waals surface area contributed by atoms with E-state index in [0.717, 1.165) is 12.5 Å². The lowest BCUT2D eigenvalue weighted by Crippen LogP contribution is -1.85. The van der Waals surface area contributed by atoms with E-state index in [9.17, 15) is 4.79 Å². The fourth-order valence-electron chi connectivity index (χ4n) is 2.24. The quantitative estimate of drug-likeness (QED) is 0.0956. The van der Waals surface area contributed by atoms with E-state index >= 15 is 0 Å². The minimum absolute atomic E-state index is 0.181. The lowest BCUT2D eigenvalue weighted by molar-refractivity contribution is -0.198. The van der Waals surface area contributed by atoms with Crippen molar-refractivity contribution in [1.82, 2.24) is 0 Å². The summed E-state index contributed by atoms with van der Waals surface area (Å²) < 4.78 is 0. The van der Waals surface area contributed by atoms with Crippen LogP contribution >= 0.6 is 0 Å². The van der Waals surface area contributed by atoms with Crippen LogP contribution in [0.3, 0.4) is 0 Å². The molecular weight excluding hydrogens is 304 g/mol. The summed E-state index contributed by atoms with van der Waals surface area (Å²) in [6.07, 6.45) is 23.9. The Hall–Kier alpha value is -1.81. The van der Waals surface area contributed by atoms with Crippen molar-refractivity contribution >= 4 is 5.97 Å². The van der Waals surface area contributed by atoms with Crippen molar-refractivity contribution in [1.29, 1.82) is 0 Å². The van der Waals surface area contributed by atoms with E-state index < -0.39 is 5.97 Å². The fourth-order valence-corrected chi connectivity index (χ4v) is 2.24. The number of hydrogen-bond acceptors (Lipinski definition) is 3. The molecule has 0 rings (SSSR count). The molecule has 0 fully saturated rings. The fraction of sp³-hybridized carbons (Fsp3) is 0.550. The van der Waals surface area contributed by atoms with Gasteiger partial charge < -0.3 is 9.99 Å². The molecule has 0 amide bonds. The molecular formula is C20H32O4. The molecule has 0 aliphatic heterocycles. The first-order valence-corrected chi connectivity index (χ1v) is 8.96. The van der Waals surface area contributed by atoms with Crippen LogP contribution in [0.1, 0.15) is 71.1 Å². The molecule has 0 saturated carbocycles. The Balaban J connectivity index is 3.67. The van der Waals surface area contributed by atoms with E-state index in [1.807, 2.05) is 6.08 Å². The van der Waals surface area contributed by atoms with E-state index in [2.05, 4.69) is 17.9 Å². The first-order valence-electron chi connectivity index (χ1n) is 8.96. The summed E-state index contributed by atoms with van der Waals surface area (Å²) >= 11 is 0. The molecule has 0 bridgehead atoms. The highest BCUT2D eigenvalue weighted by atomic mass is 17.1. The summed E-state index contributed by atoms with van der Waals surface area (Å²) in [7, 11) is 0. The molecule has 4 heteroatoms. The van der Waals surface area contributed by atoms with Crippen molar-refractivity contribution in [2.45, 2.75) is 71.1 Å². The Morgan fingerprint density at radius 2 is 1.50 bits per heavy atom. The summed E-state index contributed by atoms with van der Waals surface area (Å²) in [6.45, 7) is 2.24. The van der Waals surface area contributed by atoms with Crippen LogP contribution in [0.2, 0.25) is 0 Å². The van der Waals surface area contributed by atoms with Crippen molar-refractivity contribution in [2.24, 2.45) is 0 Å². The van der Waals surface area contributed by atoms with E-state index in [1.54, 1.807) is 12.2 Å². The molecule has 136 valence electrons. The SMILES string of the molecule is CCCCCCCCCCCC=CC=CC(=CC=CC(=O)O)OO. The average Bonchev–Trinajstić information content (AvgIpc) is 2.57. The van der Waals surface area contributed by atoms with Crippen molar-refractivity contribution in [2.75, 3.05) is 0 Å². The van der Waals surface area contributed by atoms with Crippen molar-refractivity contribution < 1.29 is 20.0 Å².